The number of carbonyl (C=O) groups is 3. The summed E-state index contributed by atoms with van der Waals surface area (Å²) in [4.78, 5) is 43.6. The van der Waals surface area contributed by atoms with Gasteiger partial charge in [-0.1, -0.05) is 17.3 Å². The second-order valence-electron chi connectivity index (χ2n) is 14.2. The molecule has 16 heteroatoms. The minimum Gasteiger partial charge on any atom is -0.501 e. The third kappa shape index (κ3) is 5.92. The number of halogens is 1. The van der Waals surface area contributed by atoms with Crippen LogP contribution in [0.15, 0.2) is 36.4 Å². The van der Waals surface area contributed by atoms with Gasteiger partial charge in [-0.15, -0.1) is 0 Å². The summed E-state index contributed by atoms with van der Waals surface area (Å²) >= 11 is 0. The lowest BCUT2D eigenvalue weighted by Gasteiger charge is -2.55. The molecule has 0 aromatic heterocycles. The lowest BCUT2D eigenvalue weighted by atomic mass is 9.23. The zero-order valence-electron chi connectivity index (χ0n) is 27.8. The third-order valence-corrected chi connectivity index (χ3v) is 10.2. The number of benzene rings is 2. The Bertz CT molecular complexity index is 1450. The molecule has 0 radical (unpaired) electrons. The molecule has 1 N–H and O–H groups in total. The van der Waals surface area contributed by atoms with Crippen molar-refractivity contribution >= 4 is 73.0 Å². The van der Waals surface area contributed by atoms with Crippen molar-refractivity contribution in [1.29, 1.82) is 0 Å². The van der Waals surface area contributed by atoms with E-state index in [1.165, 1.54) is 18.0 Å². The maximum atomic E-state index is 15.4. The van der Waals surface area contributed by atoms with Gasteiger partial charge < -0.3 is 24.5 Å². The first kappa shape index (κ1) is 34.0. The number of hydrogen-bond acceptors (Lipinski definition) is 6. The van der Waals surface area contributed by atoms with Crippen LogP contribution in [0.4, 0.5) is 4.39 Å². The van der Waals surface area contributed by atoms with Crippen LogP contribution in [0, 0.1) is 5.82 Å². The predicted octanol–water partition coefficient (Wildman–Crippen LogP) is -4.11. The molecule has 1 saturated heterocycles. The lowest BCUT2D eigenvalue weighted by Crippen LogP contribution is -2.69. The number of fused-ring (bicyclic) bond motifs is 1. The SMILES string of the molecule is BC(B)(Oc1cccc2c1CN(C(B)(C(=O)NC)C(B)(B)C(B)(B)C=O)C2=O)c1cc(CN2CC(C)OC(C)C2)ccc1F. The normalized spacial score (nSPS) is 20.9. The Morgan fingerprint density at radius 2 is 1.73 bits per heavy atom. The van der Waals surface area contributed by atoms with Crippen LogP contribution in [0.2, 0.25) is 10.4 Å². The van der Waals surface area contributed by atoms with Crippen LogP contribution in [0.5, 0.6) is 5.75 Å². The molecular weight excluding hydrogens is 553 g/mol. The summed E-state index contributed by atoms with van der Waals surface area (Å²) in [5.74, 6) is -0.635. The van der Waals surface area contributed by atoms with E-state index in [0.717, 1.165) is 24.9 Å². The van der Waals surface area contributed by atoms with Crippen LogP contribution < -0.4 is 10.1 Å². The Labute approximate surface area is 266 Å². The molecule has 2 aromatic rings. The molecule has 2 aromatic carbocycles. The first-order chi connectivity index (χ1) is 20.4. The maximum Gasteiger partial charge on any atom is 0.254 e. The summed E-state index contributed by atoms with van der Waals surface area (Å²) in [5.41, 5.74) is 1.03. The highest BCUT2D eigenvalue weighted by molar-refractivity contribution is 6.63. The molecule has 4 rings (SSSR count). The van der Waals surface area contributed by atoms with E-state index in [1.54, 1.807) is 47.8 Å². The number of nitrogens with one attached hydrogen (secondary N) is 1. The van der Waals surface area contributed by atoms with E-state index in [9.17, 15) is 14.4 Å². The van der Waals surface area contributed by atoms with E-state index < -0.39 is 21.3 Å². The van der Waals surface area contributed by atoms with Gasteiger partial charge in [0.15, 0.2) is 15.7 Å². The Morgan fingerprint density at radius 1 is 1.09 bits per heavy atom. The fourth-order valence-corrected chi connectivity index (χ4v) is 6.66. The van der Waals surface area contributed by atoms with Crippen LogP contribution >= 0.6 is 0 Å². The molecule has 3 unspecified atom stereocenters. The van der Waals surface area contributed by atoms with Gasteiger partial charge in [-0.05, 0) is 48.9 Å². The molecule has 0 saturated carbocycles. The Morgan fingerprint density at radius 3 is 2.32 bits per heavy atom. The molecule has 2 heterocycles. The molecular formula is C28H41B7FN3O5. The van der Waals surface area contributed by atoms with Gasteiger partial charge in [-0.25, -0.2) is 4.39 Å². The summed E-state index contributed by atoms with van der Waals surface area (Å²) in [7, 11) is 14.1. The van der Waals surface area contributed by atoms with Crippen molar-refractivity contribution in [2.75, 3.05) is 20.1 Å². The minimum absolute atomic E-state index is 0.0959. The standard InChI is InChI=1S/C28H41B7FN3O5/c1-15-10-38(11-16(2)43-15)12-17-7-8-21(36)20(9-17)27(32,33)44-22-6-4-5-18-19(22)13-39(23(18)41)26(31,24(42)37-3)28(34,35)25(29,30)14-40/h4-9,14-16H,10-13,29-35H2,1-3H3,(H,37,42). The van der Waals surface area contributed by atoms with Crippen molar-refractivity contribution < 1.29 is 28.2 Å². The van der Waals surface area contributed by atoms with Gasteiger partial charge in [0, 0.05) is 43.4 Å². The van der Waals surface area contributed by atoms with Crippen LogP contribution in [-0.4, -0.2) is 121 Å². The number of amides is 2. The molecule has 44 heavy (non-hydrogen) atoms. The van der Waals surface area contributed by atoms with Crippen LogP contribution in [0.25, 0.3) is 0 Å². The van der Waals surface area contributed by atoms with Crippen LogP contribution in [0.1, 0.15) is 40.9 Å². The van der Waals surface area contributed by atoms with Gasteiger partial charge in [0.2, 0.25) is 5.91 Å². The number of carbonyl (C=O) groups excluding carboxylic acids is 3. The number of hydrogen-bond donors (Lipinski definition) is 1. The summed E-state index contributed by atoms with van der Waals surface area (Å²) in [5, 5.41) is -0.262. The molecule has 1 fully saturated rings. The summed E-state index contributed by atoms with van der Waals surface area (Å²) < 4.78 is 27.8. The number of morpholine rings is 1. The molecule has 0 bridgehead atoms. The van der Waals surface area contributed by atoms with Gasteiger partial charge in [-0.2, -0.15) is 0 Å². The zero-order chi connectivity index (χ0) is 32.8. The van der Waals surface area contributed by atoms with E-state index in [2.05, 4.69) is 24.1 Å². The van der Waals surface area contributed by atoms with Gasteiger partial charge >= 0.3 is 0 Å². The Balaban J connectivity index is 1.67. The van der Waals surface area contributed by atoms with E-state index in [-0.39, 0.29) is 36.4 Å². The second kappa shape index (κ2) is 12.2. The third-order valence-electron chi connectivity index (χ3n) is 10.2. The number of nitrogens with zero attached hydrogens (tertiary/aromatic N) is 2. The molecule has 3 atom stereocenters. The van der Waals surface area contributed by atoms with Crippen molar-refractivity contribution in [1.82, 2.24) is 15.1 Å². The van der Waals surface area contributed by atoms with E-state index in [0.29, 0.717) is 29.0 Å². The number of likely N-dealkylation sites (N-methyl/N-ethyl adjacent to an activating group) is 1. The highest BCUT2D eigenvalue weighted by Crippen LogP contribution is 2.52. The Hall–Kier alpha value is -2.85. The van der Waals surface area contributed by atoms with E-state index >= 15 is 4.39 Å². The molecule has 0 spiro atoms. The van der Waals surface area contributed by atoms with Crippen molar-refractivity contribution in [3.63, 3.8) is 0 Å². The van der Waals surface area contributed by atoms with Gasteiger partial charge in [0.25, 0.3) is 5.91 Å². The van der Waals surface area contributed by atoms with Crippen LogP contribution in [-0.2, 0) is 32.8 Å². The lowest BCUT2D eigenvalue weighted by molar-refractivity contribution is -0.128. The fraction of sp³-hybridized carbons (Fsp3) is 0.464. The van der Waals surface area contributed by atoms with E-state index in [4.69, 9.17) is 9.47 Å². The quantitative estimate of drug-likeness (QED) is 0.223. The van der Waals surface area contributed by atoms with Crippen molar-refractivity contribution in [2.24, 2.45) is 0 Å². The summed E-state index contributed by atoms with van der Waals surface area (Å²) in [6, 6.07) is 10.4. The Kier molecular flexibility index (Phi) is 9.41. The monoisotopic (exact) mass is 595 g/mol. The molecule has 0 aliphatic carbocycles. The van der Waals surface area contributed by atoms with Crippen molar-refractivity contribution in [2.45, 2.75) is 60.4 Å². The summed E-state index contributed by atoms with van der Waals surface area (Å²) in [6.45, 7) is 6.47. The van der Waals surface area contributed by atoms with Gasteiger partial charge in [0.1, 0.15) is 57.1 Å². The molecule has 2 aliphatic heterocycles. The minimum atomic E-state index is -1.38. The first-order valence-corrected chi connectivity index (χ1v) is 15.4. The maximum absolute atomic E-state index is 15.4. The first-order valence-electron chi connectivity index (χ1n) is 15.4. The highest BCUT2D eigenvalue weighted by atomic mass is 19.1. The zero-order valence-corrected chi connectivity index (χ0v) is 27.8. The second-order valence-corrected chi connectivity index (χ2v) is 14.2. The van der Waals surface area contributed by atoms with Gasteiger partial charge in [0.05, 0.1) is 29.6 Å². The van der Waals surface area contributed by atoms with Crippen molar-refractivity contribution in [3.05, 3.63) is 64.5 Å². The topological polar surface area (TPSA) is 88.2 Å². The van der Waals surface area contributed by atoms with E-state index in [1.807, 2.05) is 37.5 Å². The number of ether oxygens (including phenoxy) is 2. The fourth-order valence-electron chi connectivity index (χ4n) is 6.66. The summed E-state index contributed by atoms with van der Waals surface area (Å²) in [6.07, 6.45) is 1.09. The number of rotatable bonds is 10. The van der Waals surface area contributed by atoms with Crippen LogP contribution in [0.3, 0.4) is 0 Å². The largest absolute Gasteiger partial charge is 0.501 e. The number of aldehydes is 1. The average molecular weight is 594 g/mol. The molecule has 2 aliphatic rings. The van der Waals surface area contributed by atoms with Crippen molar-refractivity contribution in [3.8, 4) is 5.75 Å². The predicted molar refractivity (Wildman–Crippen MR) is 188 cm³/mol. The highest BCUT2D eigenvalue weighted by Gasteiger charge is 2.59. The average Bonchev–Trinajstić information content (AvgIpc) is 3.29. The molecule has 2 amide bonds. The van der Waals surface area contributed by atoms with Gasteiger partial charge in [-0.3, -0.25) is 14.5 Å². The molecule has 8 nitrogen and oxygen atoms in total. The smallest absolute Gasteiger partial charge is 0.254 e. The molecule has 226 valence electrons.